The molecule has 7 nitrogen and oxygen atoms in total. The van der Waals surface area contributed by atoms with Crippen molar-refractivity contribution in [1.29, 1.82) is 0 Å². The van der Waals surface area contributed by atoms with Crippen molar-refractivity contribution in [3.63, 3.8) is 0 Å². The van der Waals surface area contributed by atoms with Gasteiger partial charge < -0.3 is 5.11 Å². The number of rotatable bonds is 3. The lowest BCUT2D eigenvalue weighted by atomic mass is 10.1. The van der Waals surface area contributed by atoms with E-state index in [0.29, 0.717) is 16.3 Å². The van der Waals surface area contributed by atoms with Gasteiger partial charge in [0, 0.05) is 5.39 Å². The van der Waals surface area contributed by atoms with Gasteiger partial charge in [-0.2, -0.15) is 10.2 Å². The summed E-state index contributed by atoms with van der Waals surface area (Å²) in [4.78, 5) is 23.8. The van der Waals surface area contributed by atoms with Gasteiger partial charge in [-0.15, -0.1) is 0 Å². The van der Waals surface area contributed by atoms with Gasteiger partial charge in [0.15, 0.2) is 5.69 Å². The number of H-pyrrole nitrogens is 1. The molecule has 7 heteroatoms. The van der Waals surface area contributed by atoms with Crippen molar-refractivity contribution < 1.29 is 9.90 Å². The molecular weight excluding hydrogens is 296 g/mol. The first kappa shape index (κ1) is 14.5. The van der Waals surface area contributed by atoms with Crippen molar-refractivity contribution in [3.05, 3.63) is 70.1 Å². The third-order valence-corrected chi connectivity index (χ3v) is 3.16. The molecule has 3 rings (SSSR count). The van der Waals surface area contributed by atoms with Crippen molar-refractivity contribution >= 4 is 22.9 Å². The van der Waals surface area contributed by atoms with Crippen LogP contribution in [0, 0.1) is 0 Å². The number of hydrazone groups is 1. The molecule has 0 bridgehead atoms. The van der Waals surface area contributed by atoms with E-state index in [2.05, 4.69) is 20.7 Å². The third kappa shape index (κ3) is 3.08. The largest absolute Gasteiger partial charge is 0.508 e. The Bertz CT molecular complexity index is 963. The van der Waals surface area contributed by atoms with E-state index < -0.39 is 5.91 Å². The molecule has 0 spiro atoms. The summed E-state index contributed by atoms with van der Waals surface area (Å²) in [6, 6.07) is 13.1. The second-order valence-corrected chi connectivity index (χ2v) is 4.74. The minimum Gasteiger partial charge on any atom is -0.508 e. The Balaban J connectivity index is 1.84. The molecule has 0 aliphatic rings. The van der Waals surface area contributed by atoms with E-state index in [-0.39, 0.29) is 17.0 Å². The van der Waals surface area contributed by atoms with Crippen LogP contribution in [0.15, 0.2) is 58.4 Å². The van der Waals surface area contributed by atoms with Gasteiger partial charge in [0.2, 0.25) is 0 Å². The van der Waals surface area contributed by atoms with Crippen molar-refractivity contribution in [2.45, 2.75) is 0 Å². The molecule has 1 heterocycles. The van der Waals surface area contributed by atoms with E-state index >= 15 is 0 Å². The van der Waals surface area contributed by atoms with Crippen LogP contribution in [0.1, 0.15) is 16.1 Å². The number of carbonyl (C=O) groups excluding carboxylic acids is 1. The molecule has 2 aromatic carbocycles. The fraction of sp³-hybridized carbons (Fsp3) is 0. The molecule has 1 amide bonds. The summed E-state index contributed by atoms with van der Waals surface area (Å²) in [5.74, 6) is -0.442. The molecule has 114 valence electrons. The Morgan fingerprint density at radius 2 is 1.96 bits per heavy atom. The molecule has 0 unspecified atom stereocenters. The molecule has 23 heavy (non-hydrogen) atoms. The number of benzene rings is 2. The van der Waals surface area contributed by atoms with E-state index in [9.17, 15) is 14.7 Å². The summed E-state index contributed by atoms with van der Waals surface area (Å²) in [5, 5.41) is 20.1. The molecule has 0 fully saturated rings. The minimum absolute atomic E-state index is 0.0771. The summed E-state index contributed by atoms with van der Waals surface area (Å²) in [5.41, 5.74) is 2.69. The summed E-state index contributed by atoms with van der Waals surface area (Å²) in [6.07, 6.45) is 1.39. The highest BCUT2D eigenvalue weighted by Gasteiger charge is 2.12. The average molecular weight is 308 g/mol. The number of aromatic hydroxyl groups is 1. The first-order chi connectivity index (χ1) is 11.1. The molecule has 0 aliphatic carbocycles. The number of hydrogen-bond donors (Lipinski definition) is 3. The number of amides is 1. The maximum Gasteiger partial charge on any atom is 0.292 e. The van der Waals surface area contributed by atoms with Crippen LogP contribution in [0.2, 0.25) is 0 Å². The van der Waals surface area contributed by atoms with Gasteiger partial charge in [-0.05, 0) is 23.8 Å². The van der Waals surface area contributed by atoms with Gasteiger partial charge in [-0.25, -0.2) is 10.5 Å². The molecule has 0 saturated heterocycles. The maximum absolute atomic E-state index is 12.2. The quantitative estimate of drug-likeness (QED) is 0.502. The number of aromatic amines is 1. The number of carbonyl (C=O) groups is 1. The number of hydrogen-bond acceptors (Lipinski definition) is 5. The van der Waals surface area contributed by atoms with Crippen molar-refractivity contribution in [2.75, 3.05) is 0 Å². The predicted octanol–water partition coefficient (Wildman–Crippen LogP) is 1.39. The lowest BCUT2D eigenvalue weighted by Gasteiger charge is -2.03. The zero-order chi connectivity index (χ0) is 16.2. The number of phenolic OH excluding ortho intramolecular Hbond substituents is 1. The Kier molecular flexibility index (Phi) is 3.84. The van der Waals surface area contributed by atoms with E-state index in [1.165, 1.54) is 18.3 Å². The summed E-state index contributed by atoms with van der Waals surface area (Å²) < 4.78 is 0. The van der Waals surface area contributed by atoms with Crippen LogP contribution < -0.4 is 11.0 Å². The molecule has 3 N–H and O–H groups in total. The van der Waals surface area contributed by atoms with Crippen LogP contribution in [-0.2, 0) is 0 Å². The van der Waals surface area contributed by atoms with Gasteiger partial charge in [0.05, 0.1) is 11.6 Å². The molecule has 0 saturated carbocycles. The monoisotopic (exact) mass is 308 g/mol. The number of nitrogens with zero attached hydrogens (tertiary/aromatic N) is 2. The third-order valence-electron chi connectivity index (χ3n) is 3.16. The fourth-order valence-electron chi connectivity index (χ4n) is 2.11. The second kappa shape index (κ2) is 6.10. The summed E-state index contributed by atoms with van der Waals surface area (Å²) in [7, 11) is 0. The first-order valence-electron chi connectivity index (χ1n) is 6.75. The van der Waals surface area contributed by atoms with Gasteiger partial charge in [-0.3, -0.25) is 9.59 Å². The van der Waals surface area contributed by atoms with Crippen LogP contribution in [0.25, 0.3) is 10.8 Å². The van der Waals surface area contributed by atoms with Crippen LogP contribution in [-0.4, -0.2) is 27.4 Å². The van der Waals surface area contributed by atoms with E-state index in [0.717, 1.165) is 0 Å². The van der Waals surface area contributed by atoms with E-state index in [4.69, 9.17) is 0 Å². The fourth-order valence-corrected chi connectivity index (χ4v) is 2.11. The predicted molar refractivity (Wildman–Crippen MR) is 85.5 cm³/mol. The van der Waals surface area contributed by atoms with Crippen LogP contribution in [0.3, 0.4) is 0 Å². The van der Waals surface area contributed by atoms with E-state index in [1.807, 2.05) is 0 Å². The highest BCUT2D eigenvalue weighted by Crippen LogP contribution is 2.12. The standard InChI is InChI=1S/C16H12N4O3/c21-11-5-3-4-10(8-11)9-17-19-16(23)14-12-6-1-2-7-13(12)15(22)20-18-14/h1-9,21H,(H,19,23)(H,20,22)/b17-9-. The minimum atomic E-state index is -0.547. The molecule has 3 aromatic rings. The number of nitrogens with one attached hydrogen (secondary N) is 2. The molecule has 1 aromatic heterocycles. The summed E-state index contributed by atoms with van der Waals surface area (Å²) in [6.45, 7) is 0. The molecular formula is C16H12N4O3. The zero-order valence-corrected chi connectivity index (χ0v) is 11.9. The summed E-state index contributed by atoms with van der Waals surface area (Å²) >= 11 is 0. The lowest BCUT2D eigenvalue weighted by molar-refractivity contribution is 0.0951. The Hall–Kier alpha value is -3.48. The van der Waals surface area contributed by atoms with Gasteiger partial charge >= 0.3 is 0 Å². The lowest BCUT2D eigenvalue weighted by Crippen LogP contribution is -2.22. The number of aromatic nitrogens is 2. The smallest absolute Gasteiger partial charge is 0.292 e. The Morgan fingerprint density at radius 1 is 1.17 bits per heavy atom. The molecule has 0 atom stereocenters. The van der Waals surface area contributed by atoms with Gasteiger partial charge in [0.25, 0.3) is 11.5 Å². The highest BCUT2D eigenvalue weighted by atomic mass is 16.3. The number of fused-ring (bicyclic) bond motifs is 1. The SMILES string of the molecule is O=C(N/N=C\c1cccc(O)c1)c1n[nH]c(=O)c2ccccc12. The van der Waals surface area contributed by atoms with E-state index in [1.54, 1.807) is 36.4 Å². The maximum atomic E-state index is 12.2. The molecule has 0 aliphatic heterocycles. The highest BCUT2D eigenvalue weighted by molar-refractivity contribution is 6.04. The Labute approximate surface area is 130 Å². The normalized spacial score (nSPS) is 11.0. The zero-order valence-electron chi connectivity index (χ0n) is 11.9. The average Bonchev–Trinajstić information content (AvgIpc) is 2.55. The second-order valence-electron chi connectivity index (χ2n) is 4.74. The van der Waals surface area contributed by atoms with Gasteiger partial charge in [0.1, 0.15) is 5.75 Å². The topological polar surface area (TPSA) is 107 Å². The van der Waals surface area contributed by atoms with Crippen LogP contribution >= 0.6 is 0 Å². The van der Waals surface area contributed by atoms with Crippen molar-refractivity contribution in [3.8, 4) is 5.75 Å². The van der Waals surface area contributed by atoms with Crippen molar-refractivity contribution in [1.82, 2.24) is 15.6 Å². The Morgan fingerprint density at radius 3 is 2.74 bits per heavy atom. The van der Waals surface area contributed by atoms with Crippen molar-refractivity contribution in [2.24, 2.45) is 5.10 Å². The van der Waals surface area contributed by atoms with Crippen LogP contribution in [0.5, 0.6) is 5.75 Å². The molecule has 0 radical (unpaired) electrons. The number of phenols is 1. The van der Waals surface area contributed by atoms with Crippen LogP contribution in [0.4, 0.5) is 0 Å². The van der Waals surface area contributed by atoms with Gasteiger partial charge in [-0.1, -0.05) is 30.3 Å². The first-order valence-corrected chi connectivity index (χ1v) is 6.75.